The number of halogens is 1. The lowest BCUT2D eigenvalue weighted by Gasteiger charge is -2.06. The zero-order valence-corrected chi connectivity index (χ0v) is 10.5. The summed E-state index contributed by atoms with van der Waals surface area (Å²) in [6.45, 7) is 1.83. The number of benzene rings is 1. The average Bonchev–Trinajstić information content (AvgIpc) is 2.29. The van der Waals surface area contributed by atoms with Gasteiger partial charge in [-0.1, -0.05) is 22.9 Å². The van der Waals surface area contributed by atoms with Crippen LogP contribution >= 0.6 is 15.9 Å². The van der Waals surface area contributed by atoms with Crippen molar-refractivity contribution in [2.75, 3.05) is 11.9 Å². The topological polar surface area (TPSA) is 58.2 Å². The number of carbonyl (C=O) groups excluding carboxylic acids is 2. The highest BCUT2D eigenvalue weighted by Gasteiger charge is 2.03. The maximum atomic E-state index is 11.3. The number of hydrogen-bond donors (Lipinski definition) is 2. The van der Waals surface area contributed by atoms with Gasteiger partial charge in [0.2, 0.25) is 0 Å². The molecule has 2 N–H and O–H groups in total. The van der Waals surface area contributed by atoms with Crippen LogP contribution in [0.4, 0.5) is 10.5 Å². The summed E-state index contributed by atoms with van der Waals surface area (Å²) in [5, 5.41) is 5.11. The minimum atomic E-state index is -0.371. The van der Waals surface area contributed by atoms with Crippen molar-refractivity contribution in [3.63, 3.8) is 0 Å². The first kappa shape index (κ1) is 12.7. The molecule has 0 spiro atoms. The van der Waals surface area contributed by atoms with E-state index >= 15 is 0 Å². The van der Waals surface area contributed by atoms with E-state index < -0.39 is 0 Å². The molecule has 86 valence electrons. The number of nitrogens with one attached hydrogen (secondary N) is 2. The predicted molar refractivity (Wildman–Crippen MR) is 66.5 cm³/mol. The Hall–Kier alpha value is -1.36. The molecule has 1 aromatic rings. The van der Waals surface area contributed by atoms with Crippen LogP contribution in [-0.2, 0) is 4.79 Å². The Bertz CT molecular complexity index is 376. The first-order valence-electron chi connectivity index (χ1n) is 4.94. The first-order valence-corrected chi connectivity index (χ1v) is 5.73. The van der Waals surface area contributed by atoms with Crippen molar-refractivity contribution >= 4 is 33.4 Å². The highest BCUT2D eigenvalue weighted by Crippen LogP contribution is 2.13. The van der Waals surface area contributed by atoms with Crippen molar-refractivity contribution < 1.29 is 9.59 Å². The van der Waals surface area contributed by atoms with E-state index in [1.807, 2.05) is 12.1 Å². The lowest BCUT2D eigenvalue weighted by Crippen LogP contribution is -2.33. The van der Waals surface area contributed by atoms with Gasteiger partial charge in [-0.25, -0.2) is 4.79 Å². The maximum absolute atomic E-state index is 11.3. The van der Waals surface area contributed by atoms with E-state index in [2.05, 4.69) is 26.6 Å². The van der Waals surface area contributed by atoms with Crippen molar-refractivity contribution in [1.82, 2.24) is 5.32 Å². The Kier molecular flexibility index (Phi) is 4.98. The van der Waals surface area contributed by atoms with E-state index in [0.717, 1.165) is 4.47 Å². The SMILES string of the molecule is CCC(=O)CNC(=O)Nc1ccc(Br)cc1. The Morgan fingerprint density at radius 1 is 1.25 bits per heavy atom. The fourth-order valence-corrected chi connectivity index (χ4v) is 1.28. The van der Waals surface area contributed by atoms with Gasteiger partial charge in [-0.15, -0.1) is 0 Å². The van der Waals surface area contributed by atoms with E-state index in [4.69, 9.17) is 0 Å². The second kappa shape index (κ2) is 6.27. The molecule has 0 bridgehead atoms. The largest absolute Gasteiger partial charge is 0.331 e. The van der Waals surface area contributed by atoms with Crippen LogP contribution in [0.2, 0.25) is 0 Å². The van der Waals surface area contributed by atoms with E-state index in [1.54, 1.807) is 19.1 Å². The molecule has 0 aliphatic heterocycles. The average molecular weight is 285 g/mol. The van der Waals surface area contributed by atoms with Crippen LogP contribution in [0.5, 0.6) is 0 Å². The molecule has 0 aromatic heterocycles. The molecule has 0 fully saturated rings. The number of hydrogen-bond acceptors (Lipinski definition) is 2. The summed E-state index contributed by atoms with van der Waals surface area (Å²) < 4.78 is 0.944. The molecule has 0 aliphatic rings. The molecule has 0 atom stereocenters. The molecule has 1 aromatic carbocycles. The van der Waals surface area contributed by atoms with Gasteiger partial charge < -0.3 is 10.6 Å². The van der Waals surface area contributed by atoms with Gasteiger partial charge >= 0.3 is 6.03 Å². The highest BCUT2D eigenvalue weighted by molar-refractivity contribution is 9.10. The third-order valence-electron chi connectivity index (χ3n) is 1.94. The number of anilines is 1. The molecule has 1 rings (SSSR count). The van der Waals surface area contributed by atoms with Gasteiger partial charge in [-0.05, 0) is 24.3 Å². The molecular weight excluding hydrogens is 272 g/mol. The van der Waals surface area contributed by atoms with Crippen molar-refractivity contribution in [3.8, 4) is 0 Å². The minimum absolute atomic E-state index is 0.00551. The molecule has 4 nitrogen and oxygen atoms in total. The molecule has 16 heavy (non-hydrogen) atoms. The Labute approximate surface area is 103 Å². The fourth-order valence-electron chi connectivity index (χ4n) is 1.01. The quantitative estimate of drug-likeness (QED) is 0.893. The normalized spacial score (nSPS) is 9.62. The summed E-state index contributed by atoms with van der Waals surface area (Å²) in [7, 11) is 0. The summed E-state index contributed by atoms with van der Waals surface area (Å²) in [6, 6.07) is 6.82. The van der Waals surface area contributed by atoms with Crippen LogP contribution in [0.1, 0.15) is 13.3 Å². The number of carbonyl (C=O) groups is 2. The van der Waals surface area contributed by atoms with Gasteiger partial charge in [0.15, 0.2) is 5.78 Å². The molecule has 0 saturated heterocycles. The summed E-state index contributed by atoms with van der Waals surface area (Å²) in [5.41, 5.74) is 0.685. The Morgan fingerprint density at radius 2 is 1.88 bits per heavy atom. The third kappa shape index (κ3) is 4.44. The second-order valence-corrected chi connectivity index (χ2v) is 4.12. The van der Waals surface area contributed by atoms with E-state index in [1.165, 1.54) is 0 Å². The molecule has 0 unspecified atom stereocenters. The highest BCUT2D eigenvalue weighted by atomic mass is 79.9. The van der Waals surface area contributed by atoms with Crippen LogP contribution in [0.25, 0.3) is 0 Å². The van der Waals surface area contributed by atoms with Gasteiger partial charge in [0, 0.05) is 16.6 Å². The molecule has 0 heterocycles. The van der Waals surface area contributed by atoms with Crippen LogP contribution in [-0.4, -0.2) is 18.4 Å². The van der Waals surface area contributed by atoms with Gasteiger partial charge in [-0.3, -0.25) is 4.79 Å². The molecule has 0 radical (unpaired) electrons. The lowest BCUT2D eigenvalue weighted by atomic mass is 10.3. The zero-order chi connectivity index (χ0) is 12.0. The third-order valence-corrected chi connectivity index (χ3v) is 2.47. The number of amides is 2. The molecule has 0 saturated carbocycles. The minimum Gasteiger partial charge on any atom is -0.331 e. The van der Waals surface area contributed by atoms with Gasteiger partial charge in [0.05, 0.1) is 6.54 Å². The summed E-state index contributed by atoms with van der Waals surface area (Å²) in [6.07, 6.45) is 0.429. The van der Waals surface area contributed by atoms with Crippen molar-refractivity contribution in [1.29, 1.82) is 0 Å². The lowest BCUT2D eigenvalue weighted by molar-refractivity contribution is -0.117. The standard InChI is InChI=1S/C11H13BrN2O2/c1-2-10(15)7-13-11(16)14-9-5-3-8(12)4-6-9/h3-6H,2,7H2,1H3,(H2,13,14,16). The van der Waals surface area contributed by atoms with Crippen molar-refractivity contribution in [3.05, 3.63) is 28.7 Å². The maximum Gasteiger partial charge on any atom is 0.319 e. The van der Waals surface area contributed by atoms with Gasteiger partial charge in [0.1, 0.15) is 0 Å². The van der Waals surface area contributed by atoms with Crippen LogP contribution in [0.15, 0.2) is 28.7 Å². The predicted octanol–water partition coefficient (Wildman–Crippen LogP) is 2.55. The van der Waals surface area contributed by atoms with E-state index in [9.17, 15) is 9.59 Å². The van der Waals surface area contributed by atoms with Crippen LogP contribution < -0.4 is 10.6 Å². The molecule has 0 aliphatic carbocycles. The van der Waals surface area contributed by atoms with Gasteiger partial charge in [-0.2, -0.15) is 0 Å². The molecular formula is C11H13BrN2O2. The van der Waals surface area contributed by atoms with Crippen molar-refractivity contribution in [2.24, 2.45) is 0 Å². The van der Waals surface area contributed by atoms with E-state index in [0.29, 0.717) is 12.1 Å². The Morgan fingerprint density at radius 3 is 2.44 bits per heavy atom. The second-order valence-electron chi connectivity index (χ2n) is 3.21. The first-order chi connectivity index (χ1) is 7.61. The van der Waals surface area contributed by atoms with E-state index in [-0.39, 0.29) is 18.4 Å². The summed E-state index contributed by atoms with van der Waals surface area (Å²) in [5.74, 6) is 0.00551. The molecule has 2 amide bonds. The smallest absolute Gasteiger partial charge is 0.319 e. The zero-order valence-electron chi connectivity index (χ0n) is 8.92. The molecule has 5 heteroatoms. The number of rotatable bonds is 4. The number of Topliss-reactive ketones (excluding diaryl/α,β-unsaturated/α-hetero) is 1. The van der Waals surface area contributed by atoms with Crippen molar-refractivity contribution in [2.45, 2.75) is 13.3 Å². The number of urea groups is 1. The van der Waals surface area contributed by atoms with Crippen LogP contribution in [0, 0.1) is 0 Å². The number of ketones is 1. The van der Waals surface area contributed by atoms with Gasteiger partial charge in [0.25, 0.3) is 0 Å². The summed E-state index contributed by atoms with van der Waals surface area (Å²) >= 11 is 3.30. The Balaban J connectivity index is 2.40. The summed E-state index contributed by atoms with van der Waals surface area (Å²) in [4.78, 5) is 22.3. The van der Waals surface area contributed by atoms with Crippen LogP contribution in [0.3, 0.4) is 0 Å². The fraction of sp³-hybridized carbons (Fsp3) is 0.273. The monoisotopic (exact) mass is 284 g/mol.